The summed E-state index contributed by atoms with van der Waals surface area (Å²) >= 11 is 0. The van der Waals surface area contributed by atoms with Gasteiger partial charge in [0, 0.05) is 24.7 Å². The summed E-state index contributed by atoms with van der Waals surface area (Å²) in [5, 5.41) is 8.90. The number of Topliss-reactive ketones (excluding diaryl/α,β-unsaturated/α-hetero) is 1. The summed E-state index contributed by atoms with van der Waals surface area (Å²) < 4.78 is 0. The average molecular weight is 160 g/mol. The molecule has 0 saturated heterocycles. The first-order valence-electron chi connectivity index (χ1n) is 3.84. The molecule has 0 spiro atoms. The van der Waals surface area contributed by atoms with E-state index in [4.69, 9.17) is 5.26 Å². The maximum absolute atomic E-state index is 10.8. The lowest BCUT2D eigenvalue weighted by Crippen LogP contribution is -2.40. The van der Waals surface area contributed by atoms with Crippen LogP contribution >= 0.6 is 0 Å². The van der Waals surface area contributed by atoms with Crippen LogP contribution in [0.1, 0.15) is 18.5 Å². The van der Waals surface area contributed by atoms with Gasteiger partial charge in [0.15, 0.2) is 0 Å². The number of aromatic amines is 1. The van der Waals surface area contributed by atoms with Crippen molar-refractivity contribution in [1.82, 2.24) is 4.98 Å². The molecule has 60 valence electrons. The minimum atomic E-state index is -0.541. The fraction of sp³-hybridized carbons (Fsp3) is 0.333. The van der Waals surface area contributed by atoms with Crippen LogP contribution in [0.4, 0.5) is 0 Å². The van der Waals surface area contributed by atoms with Crippen molar-refractivity contribution in [3.63, 3.8) is 0 Å². The highest BCUT2D eigenvalue weighted by atomic mass is 16.1. The van der Waals surface area contributed by atoms with Crippen LogP contribution in [0.2, 0.25) is 0 Å². The van der Waals surface area contributed by atoms with E-state index in [1.165, 1.54) is 0 Å². The molecule has 1 fully saturated rings. The molecule has 2 rings (SSSR count). The fourth-order valence-electron chi connectivity index (χ4n) is 1.58. The van der Waals surface area contributed by atoms with Gasteiger partial charge in [0.1, 0.15) is 11.2 Å². The molecule has 0 amide bonds. The van der Waals surface area contributed by atoms with Crippen LogP contribution in [-0.2, 0) is 10.2 Å². The van der Waals surface area contributed by atoms with Gasteiger partial charge in [0.25, 0.3) is 0 Å². The van der Waals surface area contributed by atoms with E-state index in [2.05, 4.69) is 11.1 Å². The van der Waals surface area contributed by atoms with E-state index < -0.39 is 5.41 Å². The van der Waals surface area contributed by atoms with Crippen LogP contribution in [0, 0.1) is 11.3 Å². The minimum Gasteiger partial charge on any atom is -0.364 e. The Morgan fingerprint density at radius 2 is 2.33 bits per heavy atom. The second-order valence-electron chi connectivity index (χ2n) is 3.17. The monoisotopic (exact) mass is 160 g/mol. The molecule has 0 aliphatic heterocycles. The molecule has 3 nitrogen and oxygen atoms in total. The first-order chi connectivity index (χ1) is 5.77. The first-order valence-corrected chi connectivity index (χ1v) is 3.84. The number of nitrogens with zero attached hydrogens (tertiary/aromatic N) is 1. The van der Waals surface area contributed by atoms with Crippen LogP contribution in [0.25, 0.3) is 0 Å². The molecule has 1 aromatic heterocycles. The number of hydrogen-bond acceptors (Lipinski definition) is 2. The van der Waals surface area contributed by atoms with Crippen molar-refractivity contribution < 1.29 is 4.79 Å². The molecule has 0 aromatic carbocycles. The molecular weight excluding hydrogens is 152 g/mol. The van der Waals surface area contributed by atoms with E-state index in [1.807, 2.05) is 12.1 Å². The predicted octanol–water partition coefficient (Wildman–Crippen LogP) is 1.14. The lowest BCUT2D eigenvalue weighted by atomic mass is 9.67. The highest BCUT2D eigenvalue weighted by Crippen LogP contribution is 2.39. The largest absolute Gasteiger partial charge is 0.364 e. The van der Waals surface area contributed by atoms with Gasteiger partial charge in [0.05, 0.1) is 6.07 Å². The van der Waals surface area contributed by atoms with E-state index in [9.17, 15) is 4.79 Å². The highest BCUT2D eigenvalue weighted by Gasteiger charge is 2.46. The number of carbonyl (C=O) groups is 1. The summed E-state index contributed by atoms with van der Waals surface area (Å²) in [6.07, 6.45) is 2.51. The van der Waals surface area contributed by atoms with Crippen LogP contribution in [0.15, 0.2) is 18.3 Å². The molecule has 1 aliphatic rings. The molecule has 0 atom stereocenters. The summed E-state index contributed by atoms with van der Waals surface area (Å²) in [5.41, 5.74) is 0.324. The molecule has 1 N–H and O–H groups in total. The first kappa shape index (κ1) is 7.11. The predicted molar refractivity (Wildman–Crippen MR) is 42.3 cm³/mol. The smallest absolute Gasteiger partial charge is 0.136 e. The number of H-pyrrole nitrogens is 1. The standard InChI is InChI=1S/C9H8N2O/c10-6-9(4-7(12)5-9)8-2-1-3-11-8/h1-3,11H,4-5H2. The normalized spacial score (nSPS) is 19.8. The van der Waals surface area contributed by atoms with Gasteiger partial charge >= 0.3 is 0 Å². The van der Waals surface area contributed by atoms with Gasteiger partial charge < -0.3 is 4.98 Å². The van der Waals surface area contributed by atoms with E-state index in [-0.39, 0.29) is 5.78 Å². The number of nitriles is 1. The van der Waals surface area contributed by atoms with Crippen LogP contribution in [0.5, 0.6) is 0 Å². The zero-order valence-corrected chi connectivity index (χ0v) is 6.50. The van der Waals surface area contributed by atoms with Crippen molar-refractivity contribution in [1.29, 1.82) is 5.26 Å². The van der Waals surface area contributed by atoms with Crippen molar-refractivity contribution >= 4 is 5.78 Å². The van der Waals surface area contributed by atoms with Crippen LogP contribution < -0.4 is 0 Å². The molecule has 0 radical (unpaired) electrons. The SMILES string of the molecule is N#CC1(c2ccc[nH]2)CC(=O)C1. The molecule has 1 aliphatic carbocycles. The quantitative estimate of drug-likeness (QED) is 0.669. The Labute approximate surface area is 70.0 Å². The van der Waals surface area contributed by atoms with Crippen LogP contribution in [0.3, 0.4) is 0 Å². The fourth-order valence-corrected chi connectivity index (χ4v) is 1.58. The second-order valence-corrected chi connectivity index (χ2v) is 3.17. The Hall–Kier alpha value is -1.56. The van der Waals surface area contributed by atoms with Gasteiger partial charge in [0.2, 0.25) is 0 Å². The Morgan fingerprint density at radius 3 is 2.75 bits per heavy atom. The zero-order valence-electron chi connectivity index (χ0n) is 6.50. The van der Waals surface area contributed by atoms with Gasteiger partial charge in [-0.2, -0.15) is 5.26 Å². The number of nitrogens with one attached hydrogen (secondary N) is 1. The van der Waals surface area contributed by atoms with Crippen molar-refractivity contribution in [2.45, 2.75) is 18.3 Å². The summed E-state index contributed by atoms with van der Waals surface area (Å²) in [5.74, 6) is 0.172. The molecule has 0 unspecified atom stereocenters. The second kappa shape index (κ2) is 2.21. The topological polar surface area (TPSA) is 56.6 Å². The molecular formula is C9H8N2O. The van der Waals surface area contributed by atoms with Gasteiger partial charge in [-0.15, -0.1) is 0 Å². The van der Waals surface area contributed by atoms with E-state index in [0.29, 0.717) is 12.8 Å². The Balaban J connectivity index is 2.34. The third-order valence-electron chi connectivity index (χ3n) is 2.33. The third-order valence-corrected chi connectivity index (χ3v) is 2.33. The van der Waals surface area contributed by atoms with Crippen molar-refractivity contribution in [2.24, 2.45) is 0 Å². The summed E-state index contributed by atoms with van der Waals surface area (Å²) in [6, 6.07) is 5.90. The average Bonchev–Trinajstić information content (AvgIpc) is 2.50. The number of carbonyl (C=O) groups excluding carboxylic acids is 1. The minimum absolute atomic E-state index is 0.172. The van der Waals surface area contributed by atoms with Gasteiger partial charge in [-0.05, 0) is 12.1 Å². The number of rotatable bonds is 1. The summed E-state index contributed by atoms with van der Waals surface area (Å²) in [4.78, 5) is 13.8. The molecule has 12 heavy (non-hydrogen) atoms. The third kappa shape index (κ3) is 0.782. The van der Waals surface area contributed by atoms with Crippen molar-refractivity contribution in [3.8, 4) is 6.07 Å². The molecule has 1 saturated carbocycles. The highest BCUT2D eigenvalue weighted by molar-refractivity contribution is 5.89. The number of aromatic nitrogens is 1. The van der Waals surface area contributed by atoms with Gasteiger partial charge in [-0.1, -0.05) is 0 Å². The summed E-state index contributed by atoms with van der Waals surface area (Å²) in [7, 11) is 0. The Kier molecular flexibility index (Phi) is 1.31. The number of hydrogen-bond donors (Lipinski definition) is 1. The molecule has 3 heteroatoms. The maximum atomic E-state index is 10.8. The van der Waals surface area contributed by atoms with E-state index in [1.54, 1.807) is 6.20 Å². The molecule has 1 aromatic rings. The van der Waals surface area contributed by atoms with Crippen molar-refractivity contribution in [2.75, 3.05) is 0 Å². The maximum Gasteiger partial charge on any atom is 0.136 e. The lowest BCUT2D eigenvalue weighted by Gasteiger charge is -2.32. The summed E-state index contributed by atoms with van der Waals surface area (Å²) in [6.45, 7) is 0. The molecule has 1 heterocycles. The van der Waals surface area contributed by atoms with Gasteiger partial charge in [-0.25, -0.2) is 0 Å². The van der Waals surface area contributed by atoms with E-state index >= 15 is 0 Å². The lowest BCUT2D eigenvalue weighted by molar-refractivity contribution is -0.126. The van der Waals surface area contributed by atoms with Gasteiger partial charge in [-0.3, -0.25) is 4.79 Å². The van der Waals surface area contributed by atoms with E-state index in [0.717, 1.165) is 5.69 Å². The Morgan fingerprint density at radius 1 is 1.58 bits per heavy atom. The molecule has 0 bridgehead atoms. The number of ketones is 1. The Bertz CT molecular complexity index is 337. The van der Waals surface area contributed by atoms with Crippen molar-refractivity contribution in [3.05, 3.63) is 24.0 Å². The zero-order chi connectivity index (χ0) is 8.60. The van der Waals surface area contributed by atoms with Crippen LogP contribution in [-0.4, -0.2) is 10.8 Å².